The van der Waals surface area contributed by atoms with Crippen molar-refractivity contribution in [3.8, 4) is 0 Å². The van der Waals surface area contributed by atoms with E-state index in [1.165, 1.54) is 0 Å². The van der Waals surface area contributed by atoms with Gasteiger partial charge < -0.3 is 9.30 Å². The van der Waals surface area contributed by atoms with Crippen LogP contribution in [0.25, 0.3) is 0 Å². The number of carbonyl (C=O) groups excluding carboxylic acids is 1. The molecule has 94 valence electrons. The standard InChI is InChI=1S/C11H16ClN3O2/c1-11(2,3)17-10(16)14-4-5-15-8(12)6-13-9(15)7-14/h6H,4-5,7H2,1-3H3. The molecule has 0 aliphatic carbocycles. The molecule has 0 spiro atoms. The summed E-state index contributed by atoms with van der Waals surface area (Å²) in [5.74, 6) is 0.798. The van der Waals surface area contributed by atoms with Crippen molar-refractivity contribution in [1.82, 2.24) is 14.5 Å². The molecule has 5 nitrogen and oxygen atoms in total. The topological polar surface area (TPSA) is 47.4 Å². The van der Waals surface area contributed by atoms with Gasteiger partial charge in [-0.05, 0) is 20.8 Å². The zero-order valence-electron chi connectivity index (χ0n) is 10.2. The highest BCUT2D eigenvalue weighted by atomic mass is 35.5. The Kier molecular flexibility index (Phi) is 3.03. The first-order valence-electron chi connectivity index (χ1n) is 5.54. The van der Waals surface area contributed by atoms with E-state index in [0.29, 0.717) is 24.8 Å². The second-order valence-corrected chi connectivity index (χ2v) is 5.44. The van der Waals surface area contributed by atoms with Gasteiger partial charge in [0, 0.05) is 13.1 Å². The molecule has 0 radical (unpaired) electrons. The Bertz CT molecular complexity index is 436. The van der Waals surface area contributed by atoms with Crippen LogP contribution in [0, 0.1) is 0 Å². The molecule has 0 N–H and O–H groups in total. The molecule has 0 unspecified atom stereocenters. The zero-order chi connectivity index (χ0) is 12.6. The predicted molar refractivity (Wildman–Crippen MR) is 63.9 cm³/mol. The summed E-state index contributed by atoms with van der Waals surface area (Å²) in [5, 5.41) is 0.615. The van der Waals surface area contributed by atoms with Crippen LogP contribution in [0.15, 0.2) is 6.20 Å². The van der Waals surface area contributed by atoms with E-state index in [1.54, 1.807) is 11.1 Å². The minimum Gasteiger partial charge on any atom is -0.444 e. The van der Waals surface area contributed by atoms with Gasteiger partial charge in [-0.3, -0.25) is 4.90 Å². The second-order valence-electron chi connectivity index (χ2n) is 5.05. The molecule has 1 aliphatic heterocycles. The van der Waals surface area contributed by atoms with Crippen LogP contribution in [0.1, 0.15) is 26.6 Å². The highest BCUT2D eigenvalue weighted by Gasteiger charge is 2.26. The van der Waals surface area contributed by atoms with Gasteiger partial charge in [0.2, 0.25) is 0 Å². The van der Waals surface area contributed by atoms with E-state index in [-0.39, 0.29) is 6.09 Å². The minimum atomic E-state index is -0.471. The van der Waals surface area contributed by atoms with Gasteiger partial charge in [-0.1, -0.05) is 11.6 Å². The number of nitrogens with zero attached hydrogens (tertiary/aromatic N) is 3. The molecule has 2 rings (SSSR count). The molecule has 2 heterocycles. The Hall–Kier alpha value is -1.23. The largest absolute Gasteiger partial charge is 0.444 e. The SMILES string of the molecule is CC(C)(C)OC(=O)N1CCn2c(Cl)cnc2C1. The quantitative estimate of drug-likeness (QED) is 0.716. The Morgan fingerprint density at radius 2 is 2.18 bits per heavy atom. The van der Waals surface area contributed by atoms with Crippen LogP contribution in [0.2, 0.25) is 5.15 Å². The van der Waals surface area contributed by atoms with E-state index < -0.39 is 5.60 Å². The van der Waals surface area contributed by atoms with Crippen molar-refractivity contribution in [3.05, 3.63) is 17.2 Å². The smallest absolute Gasteiger partial charge is 0.410 e. The van der Waals surface area contributed by atoms with E-state index in [4.69, 9.17) is 16.3 Å². The Morgan fingerprint density at radius 3 is 2.82 bits per heavy atom. The first-order valence-corrected chi connectivity index (χ1v) is 5.92. The summed E-state index contributed by atoms with van der Waals surface area (Å²) in [6, 6.07) is 0. The first-order chi connectivity index (χ1) is 7.87. The Labute approximate surface area is 105 Å². The Balaban J connectivity index is 2.05. The molecule has 0 fully saturated rings. The van der Waals surface area contributed by atoms with Gasteiger partial charge in [0.25, 0.3) is 0 Å². The van der Waals surface area contributed by atoms with Crippen molar-refractivity contribution in [3.63, 3.8) is 0 Å². The van der Waals surface area contributed by atoms with Gasteiger partial charge in [-0.15, -0.1) is 0 Å². The first kappa shape index (κ1) is 12.2. The van der Waals surface area contributed by atoms with E-state index in [2.05, 4.69) is 4.98 Å². The summed E-state index contributed by atoms with van der Waals surface area (Å²) in [7, 11) is 0. The number of rotatable bonds is 0. The summed E-state index contributed by atoms with van der Waals surface area (Å²) >= 11 is 5.96. The lowest BCUT2D eigenvalue weighted by molar-refractivity contribution is 0.0195. The lowest BCUT2D eigenvalue weighted by atomic mass is 10.2. The molecule has 1 aromatic rings. The average Bonchev–Trinajstić information content (AvgIpc) is 2.57. The molecule has 1 aliphatic rings. The van der Waals surface area contributed by atoms with Crippen molar-refractivity contribution in [1.29, 1.82) is 0 Å². The molecular weight excluding hydrogens is 242 g/mol. The normalized spacial score (nSPS) is 15.6. The fourth-order valence-electron chi connectivity index (χ4n) is 1.71. The zero-order valence-corrected chi connectivity index (χ0v) is 11.0. The maximum atomic E-state index is 11.9. The number of halogens is 1. The van der Waals surface area contributed by atoms with Crippen LogP contribution in [-0.4, -0.2) is 32.7 Å². The number of amides is 1. The lowest BCUT2D eigenvalue weighted by Crippen LogP contribution is -2.41. The third-order valence-corrected chi connectivity index (χ3v) is 2.77. The van der Waals surface area contributed by atoms with Crippen molar-refractivity contribution >= 4 is 17.7 Å². The van der Waals surface area contributed by atoms with Crippen molar-refractivity contribution in [2.75, 3.05) is 6.54 Å². The van der Waals surface area contributed by atoms with Gasteiger partial charge >= 0.3 is 6.09 Å². The van der Waals surface area contributed by atoms with Gasteiger partial charge in [0.1, 0.15) is 16.6 Å². The van der Waals surface area contributed by atoms with E-state index >= 15 is 0 Å². The number of aromatic nitrogens is 2. The summed E-state index contributed by atoms with van der Waals surface area (Å²) in [5.41, 5.74) is -0.471. The fraction of sp³-hybridized carbons (Fsp3) is 0.636. The highest BCUT2D eigenvalue weighted by molar-refractivity contribution is 6.29. The van der Waals surface area contributed by atoms with E-state index in [9.17, 15) is 4.79 Å². The maximum Gasteiger partial charge on any atom is 0.410 e. The monoisotopic (exact) mass is 257 g/mol. The summed E-state index contributed by atoms with van der Waals surface area (Å²) < 4.78 is 7.22. The van der Waals surface area contributed by atoms with Crippen molar-refractivity contribution in [2.45, 2.75) is 39.5 Å². The minimum absolute atomic E-state index is 0.303. The van der Waals surface area contributed by atoms with E-state index in [0.717, 1.165) is 5.82 Å². The maximum absolute atomic E-state index is 11.9. The molecular formula is C11H16ClN3O2. The van der Waals surface area contributed by atoms with Crippen LogP contribution in [0.4, 0.5) is 4.79 Å². The Morgan fingerprint density at radius 1 is 1.47 bits per heavy atom. The average molecular weight is 258 g/mol. The fourth-order valence-corrected chi connectivity index (χ4v) is 1.94. The van der Waals surface area contributed by atoms with Crippen molar-refractivity contribution in [2.24, 2.45) is 0 Å². The summed E-state index contributed by atoms with van der Waals surface area (Å²) in [6.45, 7) is 7.26. The third-order valence-electron chi connectivity index (χ3n) is 2.47. The molecule has 0 bridgehead atoms. The van der Waals surface area contributed by atoms with Crippen LogP contribution in [0.5, 0.6) is 0 Å². The van der Waals surface area contributed by atoms with Crippen LogP contribution < -0.4 is 0 Å². The van der Waals surface area contributed by atoms with Crippen LogP contribution >= 0.6 is 11.6 Å². The molecule has 1 aromatic heterocycles. The molecule has 17 heavy (non-hydrogen) atoms. The number of ether oxygens (including phenoxy) is 1. The summed E-state index contributed by atoms with van der Waals surface area (Å²) in [6.07, 6.45) is 1.30. The number of imidazole rings is 1. The van der Waals surface area contributed by atoms with Gasteiger partial charge in [0.15, 0.2) is 0 Å². The number of fused-ring (bicyclic) bond motifs is 1. The van der Waals surface area contributed by atoms with Gasteiger partial charge in [0.05, 0.1) is 12.7 Å². The van der Waals surface area contributed by atoms with Crippen LogP contribution in [-0.2, 0) is 17.8 Å². The highest BCUT2D eigenvalue weighted by Crippen LogP contribution is 2.19. The van der Waals surface area contributed by atoms with Gasteiger partial charge in [-0.2, -0.15) is 0 Å². The van der Waals surface area contributed by atoms with Gasteiger partial charge in [-0.25, -0.2) is 9.78 Å². The molecule has 0 saturated heterocycles. The molecule has 6 heteroatoms. The number of carbonyl (C=O) groups is 1. The molecule has 0 aromatic carbocycles. The van der Waals surface area contributed by atoms with E-state index in [1.807, 2.05) is 25.3 Å². The molecule has 0 saturated carbocycles. The lowest BCUT2D eigenvalue weighted by Gasteiger charge is -2.30. The molecule has 1 amide bonds. The molecule has 0 atom stereocenters. The van der Waals surface area contributed by atoms with Crippen LogP contribution in [0.3, 0.4) is 0 Å². The third kappa shape index (κ3) is 2.72. The number of hydrogen-bond donors (Lipinski definition) is 0. The van der Waals surface area contributed by atoms with Crippen molar-refractivity contribution < 1.29 is 9.53 Å². The predicted octanol–water partition coefficient (Wildman–Crippen LogP) is 2.29. The number of hydrogen-bond acceptors (Lipinski definition) is 3. The second kappa shape index (κ2) is 4.22. The summed E-state index contributed by atoms with van der Waals surface area (Å²) in [4.78, 5) is 17.7.